The Hall–Kier alpha value is -3.64. The van der Waals surface area contributed by atoms with Crippen molar-refractivity contribution in [3.05, 3.63) is 130 Å². The number of carbonyl (C=O) groups is 2. The van der Waals surface area contributed by atoms with E-state index in [1.54, 1.807) is 13.8 Å². The Balaban J connectivity index is 1.97. The van der Waals surface area contributed by atoms with Gasteiger partial charge in [0.15, 0.2) is 11.6 Å². The first kappa shape index (κ1) is 37.5. The lowest BCUT2D eigenvalue weighted by Gasteiger charge is -2.39. The Morgan fingerprint density at radius 3 is 1.51 bits per heavy atom. The SMILES string of the molecule is CC1=C(/C=C/C(C)=C/C=C/C(C)=C/C=C/C=C(C)/C=C/C=C(C)/C=C/C2=C(C)C(=O)[C@@H](O)[C@H](O)C2(C)C)C(C)(C)C[C@H](O)C1=O. The average Bonchev–Trinajstić information content (AvgIpc) is 2.95. The summed E-state index contributed by atoms with van der Waals surface area (Å²) < 4.78 is 0. The lowest BCUT2D eigenvalue weighted by molar-refractivity contribution is -0.135. The van der Waals surface area contributed by atoms with Crippen molar-refractivity contribution in [2.24, 2.45) is 10.8 Å². The van der Waals surface area contributed by atoms with Gasteiger partial charge in [0.25, 0.3) is 0 Å². The van der Waals surface area contributed by atoms with Crippen LogP contribution in [0.25, 0.3) is 0 Å². The topological polar surface area (TPSA) is 94.8 Å². The van der Waals surface area contributed by atoms with E-state index in [0.29, 0.717) is 17.6 Å². The fraction of sp³-hybridized carbons (Fsp3) is 0.400. The van der Waals surface area contributed by atoms with E-state index in [4.69, 9.17) is 0 Å². The molecule has 2 aliphatic carbocycles. The van der Waals surface area contributed by atoms with Crippen molar-refractivity contribution in [1.29, 1.82) is 0 Å². The van der Waals surface area contributed by atoms with Gasteiger partial charge in [-0.05, 0) is 75.7 Å². The number of aliphatic hydroxyl groups excluding tert-OH is 3. The highest BCUT2D eigenvalue weighted by Gasteiger charge is 2.45. The van der Waals surface area contributed by atoms with Crippen molar-refractivity contribution in [3.63, 3.8) is 0 Å². The van der Waals surface area contributed by atoms with E-state index in [2.05, 4.69) is 13.8 Å². The number of carbonyl (C=O) groups excluding carboxylic acids is 2. The van der Waals surface area contributed by atoms with E-state index in [9.17, 15) is 24.9 Å². The van der Waals surface area contributed by atoms with Crippen LogP contribution >= 0.6 is 0 Å². The molecule has 0 radical (unpaired) electrons. The van der Waals surface area contributed by atoms with Crippen LogP contribution < -0.4 is 0 Å². The second kappa shape index (κ2) is 16.1. The third-order valence-corrected chi connectivity index (χ3v) is 8.58. The number of hydrogen-bond acceptors (Lipinski definition) is 5. The first-order chi connectivity index (χ1) is 20.9. The molecule has 0 aliphatic heterocycles. The van der Waals surface area contributed by atoms with Crippen LogP contribution in [0.15, 0.2) is 130 Å². The van der Waals surface area contributed by atoms with E-state index >= 15 is 0 Å². The predicted molar refractivity (Wildman–Crippen MR) is 186 cm³/mol. The zero-order valence-electron chi connectivity index (χ0n) is 28.7. The molecule has 0 aromatic rings. The highest BCUT2D eigenvalue weighted by atomic mass is 16.3. The second-order valence-corrected chi connectivity index (χ2v) is 13.4. The average molecular weight is 613 g/mol. The van der Waals surface area contributed by atoms with E-state index in [-0.39, 0.29) is 11.2 Å². The minimum Gasteiger partial charge on any atom is -0.389 e. The number of aliphatic hydroxyl groups is 3. The maximum absolute atomic E-state index is 12.3. The van der Waals surface area contributed by atoms with Gasteiger partial charge in [-0.15, -0.1) is 0 Å². The molecule has 0 amide bonds. The smallest absolute Gasteiger partial charge is 0.189 e. The molecule has 0 bridgehead atoms. The van der Waals surface area contributed by atoms with Crippen LogP contribution in [0.4, 0.5) is 0 Å². The van der Waals surface area contributed by atoms with Crippen molar-refractivity contribution < 1.29 is 24.9 Å². The maximum atomic E-state index is 12.3. The van der Waals surface area contributed by atoms with E-state index in [1.807, 2.05) is 127 Å². The molecule has 0 saturated carbocycles. The second-order valence-electron chi connectivity index (χ2n) is 13.4. The Bertz CT molecular complexity index is 1490. The Morgan fingerprint density at radius 2 is 1.02 bits per heavy atom. The molecule has 5 heteroatoms. The first-order valence-electron chi connectivity index (χ1n) is 15.5. The van der Waals surface area contributed by atoms with Crippen molar-refractivity contribution in [1.82, 2.24) is 0 Å². The molecule has 0 aromatic heterocycles. The molecule has 0 unspecified atom stereocenters. The molecular formula is C40H52O5. The molecule has 3 N–H and O–H groups in total. The van der Waals surface area contributed by atoms with Crippen LogP contribution in [-0.2, 0) is 9.59 Å². The highest BCUT2D eigenvalue weighted by Crippen LogP contribution is 2.41. The zero-order valence-corrected chi connectivity index (χ0v) is 28.7. The van der Waals surface area contributed by atoms with E-state index in [1.165, 1.54) is 0 Å². The minimum atomic E-state index is -1.38. The summed E-state index contributed by atoms with van der Waals surface area (Å²) in [6, 6.07) is 0. The normalized spacial score (nSPS) is 25.9. The van der Waals surface area contributed by atoms with Crippen LogP contribution in [0.1, 0.15) is 75.7 Å². The molecular weight excluding hydrogens is 560 g/mol. The van der Waals surface area contributed by atoms with Crippen LogP contribution in [0, 0.1) is 10.8 Å². The van der Waals surface area contributed by atoms with Crippen LogP contribution in [0.2, 0.25) is 0 Å². The Kier molecular flexibility index (Phi) is 13.4. The molecule has 0 spiro atoms. The summed E-state index contributed by atoms with van der Waals surface area (Å²) >= 11 is 0. The van der Waals surface area contributed by atoms with Gasteiger partial charge in [-0.3, -0.25) is 9.59 Å². The van der Waals surface area contributed by atoms with Crippen molar-refractivity contribution in [3.8, 4) is 0 Å². The fourth-order valence-electron chi connectivity index (χ4n) is 5.57. The fourth-order valence-corrected chi connectivity index (χ4v) is 5.57. The molecule has 0 aromatic carbocycles. The van der Waals surface area contributed by atoms with Crippen molar-refractivity contribution >= 4 is 11.6 Å². The maximum Gasteiger partial charge on any atom is 0.189 e. The van der Waals surface area contributed by atoms with Gasteiger partial charge >= 0.3 is 0 Å². The molecule has 2 rings (SSSR count). The van der Waals surface area contributed by atoms with Crippen LogP contribution in [0.5, 0.6) is 0 Å². The number of allylic oxidation sites excluding steroid dienone is 19. The van der Waals surface area contributed by atoms with Crippen molar-refractivity contribution in [2.45, 2.75) is 94.0 Å². The zero-order chi connectivity index (χ0) is 34.1. The van der Waals surface area contributed by atoms with Gasteiger partial charge in [0, 0.05) is 5.41 Å². The van der Waals surface area contributed by atoms with E-state index in [0.717, 1.165) is 33.4 Å². The Labute approximate surface area is 270 Å². The molecule has 0 heterocycles. The molecule has 45 heavy (non-hydrogen) atoms. The number of Topliss-reactive ketones (excluding diaryl/α,β-unsaturated/α-hetero) is 2. The van der Waals surface area contributed by atoms with Gasteiger partial charge < -0.3 is 15.3 Å². The van der Waals surface area contributed by atoms with Gasteiger partial charge in [0.2, 0.25) is 0 Å². The van der Waals surface area contributed by atoms with Crippen LogP contribution in [-0.4, -0.2) is 45.2 Å². The first-order valence-corrected chi connectivity index (χ1v) is 15.5. The summed E-state index contributed by atoms with van der Waals surface area (Å²) in [4.78, 5) is 24.5. The highest BCUT2D eigenvalue weighted by molar-refractivity contribution is 6.01. The largest absolute Gasteiger partial charge is 0.389 e. The number of ketones is 2. The third-order valence-electron chi connectivity index (χ3n) is 8.58. The van der Waals surface area contributed by atoms with Gasteiger partial charge in [-0.2, -0.15) is 0 Å². The van der Waals surface area contributed by atoms with E-state index < -0.39 is 29.5 Å². The van der Waals surface area contributed by atoms with Crippen molar-refractivity contribution in [2.75, 3.05) is 0 Å². The summed E-state index contributed by atoms with van der Waals surface area (Å²) in [5.41, 5.74) is 6.09. The van der Waals surface area contributed by atoms with Crippen LogP contribution in [0.3, 0.4) is 0 Å². The predicted octanol–water partition coefficient (Wildman–Crippen LogP) is 7.88. The summed E-state index contributed by atoms with van der Waals surface area (Å²) in [6.45, 7) is 19.3. The number of rotatable bonds is 10. The molecule has 0 fully saturated rings. The quantitative estimate of drug-likeness (QED) is 0.218. The van der Waals surface area contributed by atoms with Gasteiger partial charge in [-0.25, -0.2) is 0 Å². The molecule has 5 nitrogen and oxygen atoms in total. The third kappa shape index (κ3) is 10.2. The lowest BCUT2D eigenvalue weighted by atomic mass is 9.69. The minimum absolute atomic E-state index is 0.181. The lowest BCUT2D eigenvalue weighted by Crippen LogP contribution is -2.49. The van der Waals surface area contributed by atoms with Gasteiger partial charge in [-0.1, -0.05) is 135 Å². The van der Waals surface area contributed by atoms with Gasteiger partial charge in [0.05, 0.1) is 6.10 Å². The summed E-state index contributed by atoms with van der Waals surface area (Å²) in [5, 5.41) is 30.5. The molecule has 0 saturated heterocycles. The van der Waals surface area contributed by atoms with Gasteiger partial charge in [0.1, 0.15) is 12.2 Å². The molecule has 242 valence electrons. The standard InChI is InChI=1S/C40H52O5/c1-26(17-13-19-28(3)21-23-32-30(5)35(42)34(41)25-39(32,7)8)15-11-12-16-27(2)18-14-20-29(4)22-24-33-31(6)36(43)37(44)38(45)40(33,9)10/h11-24,34,37-38,41,44-45H,25H2,1-10H3/b12-11+,17-13+,18-14+,23-21+,24-22+,26-15+,27-16+,28-19+,29-20+/t34-,37+,38-/m0/s1. The number of hydrogen-bond donors (Lipinski definition) is 3. The summed E-state index contributed by atoms with van der Waals surface area (Å²) in [7, 11) is 0. The Morgan fingerprint density at radius 1 is 0.622 bits per heavy atom. The summed E-state index contributed by atoms with van der Waals surface area (Å²) in [6.07, 6.45) is 24.9. The molecule has 2 aliphatic rings. The summed E-state index contributed by atoms with van der Waals surface area (Å²) in [5.74, 6) is -0.609. The monoisotopic (exact) mass is 612 g/mol. The molecule has 3 atom stereocenters.